The minimum Gasteiger partial charge on any atom is -0.0722 e. The highest BCUT2D eigenvalue weighted by Crippen LogP contribution is 2.39. The van der Waals surface area contributed by atoms with Gasteiger partial charge in [0.25, 0.3) is 0 Å². The highest BCUT2D eigenvalue weighted by molar-refractivity contribution is 6.29. The Hall–Kier alpha value is -2.60. The molecule has 0 saturated carbocycles. The highest BCUT2D eigenvalue weighted by atomic mass is 14.2. The number of fused-ring (bicyclic) bond motifs is 1. The molecule has 0 aliphatic heterocycles. The number of hydrogen-bond acceptors (Lipinski definition) is 0. The van der Waals surface area contributed by atoms with Gasteiger partial charge < -0.3 is 0 Å². The molecule has 0 bridgehead atoms. The van der Waals surface area contributed by atoms with Gasteiger partial charge in [-0.15, -0.1) is 0 Å². The normalized spacial score (nSPS) is 14.3. The first-order valence-electron chi connectivity index (χ1n) is 7.53. The predicted octanol–water partition coefficient (Wildman–Crippen LogP) is 3.63. The largest absolute Gasteiger partial charge is 0.0722 e. The third-order valence-corrected chi connectivity index (χ3v) is 5.16. The Morgan fingerprint density at radius 2 is 1.38 bits per heavy atom. The van der Waals surface area contributed by atoms with Crippen molar-refractivity contribution >= 4 is 44.5 Å². The van der Waals surface area contributed by atoms with Crippen molar-refractivity contribution < 1.29 is 0 Å². The molecule has 2 aliphatic carbocycles. The molecular formula is C21H12. The van der Waals surface area contributed by atoms with Crippen molar-refractivity contribution in [1.82, 2.24) is 0 Å². The van der Waals surface area contributed by atoms with E-state index in [0.29, 0.717) is 0 Å². The summed E-state index contributed by atoms with van der Waals surface area (Å²) in [6.07, 6.45) is 5.77. The van der Waals surface area contributed by atoms with E-state index in [2.05, 4.69) is 60.7 Å². The third kappa shape index (κ3) is 1.03. The molecule has 0 heterocycles. The van der Waals surface area contributed by atoms with Gasteiger partial charge in [0.05, 0.1) is 0 Å². The van der Waals surface area contributed by atoms with Gasteiger partial charge in [0.2, 0.25) is 0 Å². The van der Waals surface area contributed by atoms with Gasteiger partial charge in [0.15, 0.2) is 0 Å². The van der Waals surface area contributed by atoms with Crippen LogP contribution in [0.15, 0.2) is 48.5 Å². The van der Waals surface area contributed by atoms with Crippen molar-refractivity contribution in [2.24, 2.45) is 0 Å². The Kier molecular flexibility index (Phi) is 1.54. The summed E-state index contributed by atoms with van der Waals surface area (Å²) in [5.74, 6) is 0. The van der Waals surface area contributed by atoms with E-state index < -0.39 is 0 Å². The van der Waals surface area contributed by atoms with Crippen molar-refractivity contribution in [3.05, 3.63) is 70.1 Å². The van der Waals surface area contributed by atoms with E-state index in [0.717, 1.165) is 6.42 Å². The van der Waals surface area contributed by atoms with Crippen LogP contribution < -0.4 is 10.4 Å². The van der Waals surface area contributed by atoms with Crippen molar-refractivity contribution in [1.29, 1.82) is 0 Å². The van der Waals surface area contributed by atoms with Crippen LogP contribution in [-0.2, 0) is 6.42 Å². The lowest BCUT2D eigenvalue weighted by Crippen LogP contribution is -2.09. The molecule has 0 atom stereocenters. The Labute approximate surface area is 121 Å². The molecule has 4 aromatic rings. The summed E-state index contributed by atoms with van der Waals surface area (Å²) in [5.41, 5.74) is 2.86. The van der Waals surface area contributed by atoms with E-state index in [1.807, 2.05) is 0 Å². The molecule has 0 radical (unpaired) electrons. The van der Waals surface area contributed by atoms with Gasteiger partial charge in [-0.05, 0) is 66.4 Å². The van der Waals surface area contributed by atoms with E-state index in [-0.39, 0.29) is 0 Å². The first-order valence-corrected chi connectivity index (χ1v) is 7.53. The number of rotatable bonds is 0. The summed E-state index contributed by atoms with van der Waals surface area (Å²) < 4.78 is 0. The molecule has 0 fully saturated rings. The molecule has 0 saturated heterocycles. The second-order valence-electron chi connectivity index (χ2n) is 6.16. The first kappa shape index (κ1) is 10.2. The van der Waals surface area contributed by atoms with Crippen molar-refractivity contribution in [3.8, 4) is 0 Å². The average molecular weight is 264 g/mol. The zero-order chi connectivity index (χ0) is 13.6. The SMILES string of the molecule is C1=c2cccc3c4cccc5c4c4c(ccc1c4c23)CC=5. The predicted molar refractivity (Wildman–Crippen MR) is 89.9 cm³/mol. The van der Waals surface area contributed by atoms with Crippen LogP contribution in [-0.4, -0.2) is 0 Å². The van der Waals surface area contributed by atoms with Crippen molar-refractivity contribution in [2.75, 3.05) is 0 Å². The fraction of sp³-hybridized carbons (Fsp3) is 0.0476. The van der Waals surface area contributed by atoms with Gasteiger partial charge in [0, 0.05) is 0 Å². The number of hydrogen-bond donors (Lipinski definition) is 0. The van der Waals surface area contributed by atoms with E-state index in [1.54, 1.807) is 0 Å². The molecule has 0 amide bonds. The quantitative estimate of drug-likeness (QED) is 0.375. The zero-order valence-corrected chi connectivity index (χ0v) is 11.5. The van der Waals surface area contributed by atoms with Gasteiger partial charge in [-0.3, -0.25) is 0 Å². The maximum absolute atomic E-state index is 2.38. The van der Waals surface area contributed by atoms with E-state index in [4.69, 9.17) is 0 Å². The van der Waals surface area contributed by atoms with Crippen LogP contribution in [0, 0.1) is 0 Å². The van der Waals surface area contributed by atoms with Crippen LogP contribution in [0.4, 0.5) is 0 Å². The van der Waals surface area contributed by atoms with Crippen LogP contribution in [0.25, 0.3) is 44.5 Å². The summed E-state index contributed by atoms with van der Waals surface area (Å²) in [5, 5.41) is 11.5. The van der Waals surface area contributed by atoms with Gasteiger partial charge in [0.1, 0.15) is 0 Å². The van der Waals surface area contributed by atoms with Gasteiger partial charge in [-0.1, -0.05) is 54.6 Å². The molecule has 21 heavy (non-hydrogen) atoms. The molecule has 0 aromatic heterocycles. The second-order valence-corrected chi connectivity index (χ2v) is 6.16. The molecule has 96 valence electrons. The van der Waals surface area contributed by atoms with Crippen LogP contribution in [0.1, 0.15) is 11.1 Å². The third-order valence-electron chi connectivity index (χ3n) is 5.16. The summed E-state index contributed by atoms with van der Waals surface area (Å²) >= 11 is 0. The first-order chi connectivity index (χ1) is 10.4. The Bertz CT molecular complexity index is 1240. The van der Waals surface area contributed by atoms with Crippen LogP contribution in [0.2, 0.25) is 0 Å². The minimum absolute atomic E-state index is 1.05. The average Bonchev–Trinajstić information content (AvgIpc) is 2.92. The maximum atomic E-state index is 2.38. The smallest absolute Gasteiger partial charge is 0.00170 e. The lowest BCUT2D eigenvalue weighted by Gasteiger charge is -2.16. The van der Waals surface area contributed by atoms with E-state index in [9.17, 15) is 0 Å². The van der Waals surface area contributed by atoms with Gasteiger partial charge in [-0.25, -0.2) is 0 Å². The standard InChI is InChI=1S/C21H12/c1-3-12-7-8-13-9-10-15-11-14-4-2-6-17-16(5-1)18(12)20(13)21(15)19(14)17/h1-7,9-11H,8H2. The fourth-order valence-electron chi connectivity index (χ4n) is 4.33. The minimum atomic E-state index is 1.05. The van der Waals surface area contributed by atoms with E-state index >= 15 is 0 Å². The topological polar surface area (TPSA) is 0 Å². The number of benzene rings is 4. The Balaban J connectivity index is 2.20. The molecule has 0 spiro atoms. The fourth-order valence-corrected chi connectivity index (χ4v) is 4.33. The lowest BCUT2D eigenvalue weighted by atomic mass is 9.87. The second kappa shape index (κ2) is 3.17. The summed E-state index contributed by atoms with van der Waals surface area (Å²) in [4.78, 5) is 0. The maximum Gasteiger partial charge on any atom is -0.00170 e. The lowest BCUT2D eigenvalue weighted by molar-refractivity contribution is 1.35. The Morgan fingerprint density at radius 1 is 0.619 bits per heavy atom. The van der Waals surface area contributed by atoms with Gasteiger partial charge in [-0.2, -0.15) is 0 Å². The van der Waals surface area contributed by atoms with Crippen molar-refractivity contribution in [3.63, 3.8) is 0 Å². The molecule has 0 unspecified atom stereocenters. The van der Waals surface area contributed by atoms with Gasteiger partial charge >= 0.3 is 0 Å². The Morgan fingerprint density at radius 3 is 2.24 bits per heavy atom. The van der Waals surface area contributed by atoms with Crippen LogP contribution in [0.5, 0.6) is 0 Å². The molecular weight excluding hydrogens is 252 g/mol. The highest BCUT2D eigenvalue weighted by Gasteiger charge is 2.19. The summed E-state index contributed by atoms with van der Waals surface area (Å²) in [7, 11) is 0. The molecule has 6 rings (SSSR count). The molecule has 0 heteroatoms. The molecule has 4 aromatic carbocycles. The van der Waals surface area contributed by atoms with Crippen molar-refractivity contribution in [2.45, 2.75) is 6.42 Å². The molecule has 0 nitrogen and oxygen atoms in total. The molecule has 2 aliphatic rings. The van der Waals surface area contributed by atoms with Crippen LogP contribution >= 0.6 is 0 Å². The summed E-state index contributed by atoms with van der Waals surface area (Å²) in [6, 6.07) is 18.1. The monoisotopic (exact) mass is 264 g/mol. The van der Waals surface area contributed by atoms with E-state index in [1.165, 1.54) is 53.9 Å². The van der Waals surface area contributed by atoms with Crippen LogP contribution in [0.3, 0.4) is 0 Å². The molecule has 0 N–H and O–H groups in total. The zero-order valence-electron chi connectivity index (χ0n) is 11.5. The summed E-state index contributed by atoms with van der Waals surface area (Å²) in [6.45, 7) is 0.